The van der Waals surface area contributed by atoms with Crippen molar-refractivity contribution < 1.29 is 14.3 Å². The maximum atomic E-state index is 13.1. The van der Waals surface area contributed by atoms with E-state index in [9.17, 15) is 9.59 Å². The average molecular weight is 550 g/mol. The third-order valence-electron chi connectivity index (χ3n) is 7.91. The van der Waals surface area contributed by atoms with Crippen LogP contribution in [0.2, 0.25) is 0 Å². The fraction of sp³-hybridized carbons (Fsp3) is 0.633. The van der Waals surface area contributed by atoms with Crippen molar-refractivity contribution in [2.24, 2.45) is 5.92 Å². The van der Waals surface area contributed by atoms with E-state index >= 15 is 0 Å². The number of hydrogen-bond acceptors (Lipinski definition) is 8. The summed E-state index contributed by atoms with van der Waals surface area (Å²) in [6, 6.07) is 5.86. The molecule has 2 aromatic rings. The number of ether oxygens (including phenoxy) is 1. The van der Waals surface area contributed by atoms with Gasteiger partial charge in [0.05, 0.1) is 41.4 Å². The first-order chi connectivity index (χ1) is 19.2. The molecular weight excluding hydrogens is 506 g/mol. The first kappa shape index (κ1) is 28.1. The molecular formula is C30H43N7O3. The van der Waals surface area contributed by atoms with Crippen LogP contribution in [-0.4, -0.2) is 76.4 Å². The van der Waals surface area contributed by atoms with Gasteiger partial charge in [-0.25, -0.2) is 4.79 Å². The smallest absolute Gasteiger partial charge is 0.410 e. The van der Waals surface area contributed by atoms with Gasteiger partial charge in [-0.2, -0.15) is 5.10 Å². The minimum absolute atomic E-state index is 0.0697. The summed E-state index contributed by atoms with van der Waals surface area (Å²) in [4.78, 5) is 36.8. The minimum atomic E-state index is -0.523. The molecule has 0 radical (unpaired) electrons. The lowest BCUT2D eigenvalue weighted by Crippen LogP contribution is -2.52. The van der Waals surface area contributed by atoms with Crippen LogP contribution < -0.4 is 15.1 Å². The molecule has 1 saturated carbocycles. The molecule has 10 heteroatoms. The summed E-state index contributed by atoms with van der Waals surface area (Å²) in [5, 5.41) is 11.9. The van der Waals surface area contributed by atoms with Gasteiger partial charge in [-0.05, 0) is 90.3 Å². The van der Waals surface area contributed by atoms with Crippen LogP contribution in [0.15, 0.2) is 30.6 Å². The van der Waals surface area contributed by atoms with Gasteiger partial charge in [-0.1, -0.05) is 0 Å². The van der Waals surface area contributed by atoms with Crippen LogP contribution in [-0.2, 0) is 9.53 Å². The average Bonchev–Trinajstić information content (AvgIpc) is 3.59. The van der Waals surface area contributed by atoms with Crippen LogP contribution in [0.1, 0.15) is 77.8 Å². The number of carbonyl (C=O) groups excluding carboxylic acids is 2. The number of carbonyl (C=O) groups is 2. The molecule has 2 atom stereocenters. The standard InChI is InChI=1S/C30H43N7O3/c1-21(28(38)32-23-16-25(18-31-17-23)35-13-5-6-14-35)26-11-12-27(34-33-26)36-15-7-8-24(20-36)37(19-22-9-10-22)29(39)40-30(2,3)4/h11-12,16-18,21-22,24H,5-10,13-15,19-20H2,1-4H3,(H,32,38)/t21?,24-/m1/s1. The predicted molar refractivity (Wildman–Crippen MR) is 156 cm³/mol. The van der Waals surface area contributed by atoms with Crippen LogP contribution >= 0.6 is 0 Å². The Bertz CT molecular complexity index is 1170. The molecule has 40 heavy (non-hydrogen) atoms. The van der Waals surface area contributed by atoms with Crippen molar-refractivity contribution in [2.45, 2.75) is 83.8 Å². The molecule has 0 bridgehead atoms. The van der Waals surface area contributed by atoms with Crippen LogP contribution in [0.4, 0.5) is 22.0 Å². The summed E-state index contributed by atoms with van der Waals surface area (Å²) < 4.78 is 5.76. The second-order valence-electron chi connectivity index (χ2n) is 12.5. The van der Waals surface area contributed by atoms with Gasteiger partial charge >= 0.3 is 6.09 Å². The van der Waals surface area contributed by atoms with Gasteiger partial charge in [-0.3, -0.25) is 9.78 Å². The molecule has 3 fully saturated rings. The van der Waals surface area contributed by atoms with E-state index in [1.165, 1.54) is 25.7 Å². The number of rotatable bonds is 8. The number of aromatic nitrogens is 3. The van der Waals surface area contributed by atoms with Gasteiger partial charge < -0.3 is 24.8 Å². The molecule has 10 nitrogen and oxygen atoms in total. The highest BCUT2D eigenvalue weighted by Gasteiger charge is 2.36. The zero-order valence-corrected chi connectivity index (χ0v) is 24.3. The molecule has 1 N–H and O–H groups in total. The molecule has 1 unspecified atom stereocenters. The summed E-state index contributed by atoms with van der Waals surface area (Å²) in [7, 11) is 0. The molecule has 216 valence electrons. The van der Waals surface area contributed by atoms with Crippen molar-refractivity contribution in [3.8, 4) is 0 Å². The van der Waals surface area contributed by atoms with Gasteiger partial charge in [0.1, 0.15) is 5.60 Å². The Morgan fingerprint density at radius 2 is 1.80 bits per heavy atom. The van der Waals surface area contributed by atoms with Gasteiger partial charge in [0.2, 0.25) is 5.91 Å². The van der Waals surface area contributed by atoms with Crippen molar-refractivity contribution in [3.63, 3.8) is 0 Å². The second kappa shape index (κ2) is 12.0. The van der Waals surface area contributed by atoms with Crippen molar-refractivity contribution in [2.75, 3.05) is 47.8 Å². The summed E-state index contributed by atoms with van der Waals surface area (Å²) in [5.41, 5.74) is 1.81. The number of pyridine rings is 1. The summed E-state index contributed by atoms with van der Waals surface area (Å²) >= 11 is 0. The molecule has 2 aromatic heterocycles. The van der Waals surface area contributed by atoms with Crippen molar-refractivity contribution >= 4 is 29.2 Å². The Hall–Kier alpha value is -3.43. The van der Waals surface area contributed by atoms with Crippen molar-refractivity contribution in [3.05, 3.63) is 36.3 Å². The number of amides is 2. The van der Waals surface area contributed by atoms with E-state index in [1.807, 2.05) is 57.0 Å². The summed E-state index contributed by atoms with van der Waals surface area (Å²) in [6.45, 7) is 11.9. The maximum absolute atomic E-state index is 13.1. The van der Waals surface area contributed by atoms with E-state index in [-0.39, 0.29) is 18.0 Å². The minimum Gasteiger partial charge on any atom is -0.444 e. The highest BCUT2D eigenvalue weighted by Crippen LogP contribution is 2.33. The van der Waals surface area contributed by atoms with Gasteiger partial charge in [0, 0.05) is 32.7 Å². The van der Waals surface area contributed by atoms with E-state index in [4.69, 9.17) is 4.74 Å². The number of hydrogen-bond donors (Lipinski definition) is 1. The number of nitrogens with one attached hydrogen (secondary N) is 1. The predicted octanol–water partition coefficient (Wildman–Crippen LogP) is 4.83. The first-order valence-electron chi connectivity index (χ1n) is 14.8. The van der Waals surface area contributed by atoms with Crippen LogP contribution in [0.5, 0.6) is 0 Å². The maximum Gasteiger partial charge on any atom is 0.410 e. The highest BCUT2D eigenvalue weighted by atomic mass is 16.6. The molecule has 5 rings (SSSR count). The zero-order chi connectivity index (χ0) is 28.3. The fourth-order valence-electron chi connectivity index (χ4n) is 5.45. The molecule has 0 aromatic carbocycles. The fourth-order valence-corrected chi connectivity index (χ4v) is 5.45. The normalized spacial score (nSPS) is 20.2. The first-order valence-corrected chi connectivity index (χ1v) is 14.8. The quantitative estimate of drug-likeness (QED) is 0.499. The molecule has 4 heterocycles. The Morgan fingerprint density at radius 3 is 2.48 bits per heavy atom. The van der Waals surface area contributed by atoms with Gasteiger partial charge in [-0.15, -0.1) is 5.10 Å². The Morgan fingerprint density at radius 1 is 1.05 bits per heavy atom. The Kier molecular flexibility index (Phi) is 8.42. The van der Waals surface area contributed by atoms with Crippen molar-refractivity contribution in [1.29, 1.82) is 0 Å². The third-order valence-corrected chi connectivity index (χ3v) is 7.91. The third kappa shape index (κ3) is 7.20. The lowest BCUT2D eigenvalue weighted by Gasteiger charge is -2.40. The summed E-state index contributed by atoms with van der Waals surface area (Å²) in [6.07, 6.45) is 9.91. The number of piperidine rings is 1. The van der Waals surface area contributed by atoms with E-state index in [0.29, 0.717) is 23.8 Å². The van der Waals surface area contributed by atoms with Crippen LogP contribution in [0.25, 0.3) is 0 Å². The second-order valence-corrected chi connectivity index (χ2v) is 12.5. The van der Waals surface area contributed by atoms with Gasteiger partial charge in [0.25, 0.3) is 0 Å². The monoisotopic (exact) mass is 549 g/mol. The molecule has 1 aliphatic carbocycles. The number of anilines is 3. The Balaban J connectivity index is 1.20. The number of nitrogens with zero attached hydrogens (tertiary/aromatic N) is 6. The van der Waals surface area contributed by atoms with Crippen LogP contribution in [0.3, 0.4) is 0 Å². The van der Waals surface area contributed by atoms with Crippen molar-refractivity contribution in [1.82, 2.24) is 20.1 Å². The highest BCUT2D eigenvalue weighted by molar-refractivity contribution is 5.95. The lowest BCUT2D eigenvalue weighted by molar-refractivity contribution is -0.117. The molecule has 2 amide bonds. The summed E-state index contributed by atoms with van der Waals surface area (Å²) in [5.74, 6) is 0.730. The van der Waals surface area contributed by atoms with E-state index < -0.39 is 11.5 Å². The topological polar surface area (TPSA) is 104 Å². The van der Waals surface area contributed by atoms with E-state index in [0.717, 1.165) is 50.5 Å². The molecule has 0 spiro atoms. The molecule has 2 aliphatic heterocycles. The van der Waals surface area contributed by atoms with Crippen LogP contribution in [0, 0.1) is 5.92 Å². The SMILES string of the molecule is CC(C(=O)Nc1cncc(N2CCCC2)c1)c1ccc(N2CCC[C@@H](N(CC3CC3)C(=O)OC(C)(C)C)C2)nn1. The molecule has 2 saturated heterocycles. The van der Waals surface area contributed by atoms with E-state index in [1.54, 1.807) is 6.20 Å². The lowest BCUT2D eigenvalue weighted by atomic mass is 10.0. The van der Waals surface area contributed by atoms with E-state index in [2.05, 4.69) is 30.3 Å². The Labute approximate surface area is 237 Å². The zero-order valence-electron chi connectivity index (χ0n) is 24.3. The van der Waals surface area contributed by atoms with Gasteiger partial charge in [0.15, 0.2) is 5.82 Å². The largest absolute Gasteiger partial charge is 0.444 e. The molecule has 3 aliphatic rings.